The normalized spacial score (nSPS) is 30.0. The summed E-state index contributed by atoms with van der Waals surface area (Å²) in [6.07, 6.45) is 7.41. The molecule has 2 unspecified atom stereocenters. The molecule has 0 spiro atoms. The SMILES string of the molecule is CC1CCCC(CN)(N2CCCOc3ccccc32)CC1. The zero-order chi connectivity index (χ0) is 14.7. The second kappa shape index (κ2) is 6.27. The number of nitrogens with two attached hydrogens (primary N) is 1. The lowest BCUT2D eigenvalue weighted by Gasteiger charge is -2.44. The van der Waals surface area contributed by atoms with Gasteiger partial charge in [-0.2, -0.15) is 0 Å². The first-order valence-electron chi connectivity index (χ1n) is 8.45. The van der Waals surface area contributed by atoms with E-state index in [0.29, 0.717) is 0 Å². The summed E-state index contributed by atoms with van der Waals surface area (Å²) in [6, 6.07) is 8.47. The number of para-hydroxylation sites is 2. The highest BCUT2D eigenvalue weighted by Crippen LogP contribution is 2.41. The maximum absolute atomic E-state index is 6.31. The summed E-state index contributed by atoms with van der Waals surface area (Å²) in [6.45, 7) is 4.99. The van der Waals surface area contributed by atoms with Crippen molar-refractivity contribution in [1.29, 1.82) is 0 Å². The Morgan fingerprint density at radius 3 is 2.95 bits per heavy atom. The summed E-state index contributed by atoms with van der Waals surface area (Å²) >= 11 is 0. The molecule has 2 aliphatic rings. The van der Waals surface area contributed by atoms with Crippen molar-refractivity contribution in [3.8, 4) is 5.75 Å². The molecule has 1 fully saturated rings. The van der Waals surface area contributed by atoms with Crippen LogP contribution in [-0.2, 0) is 0 Å². The molecule has 0 aromatic heterocycles. The van der Waals surface area contributed by atoms with E-state index in [4.69, 9.17) is 10.5 Å². The number of hydrogen-bond acceptors (Lipinski definition) is 3. The molecule has 1 aromatic rings. The zero-order valence-electron chi connectivity index (χ0n) is 13.2. The number of ether oxygens (including phenoxy) is 1. The lowest BCUT2D eigenvalue weighted by Crippen LogP contribution is -2.54. The summed E-state index contributed by atoms with van der Waals surface area (Å²) < 4.78 is 5.93. The fraction of sp³-hybridized carbons (Fsp3) is 0.667. The van der Waals surface area contributed by atoms with Gasteiger partial charge in [0.2, 0.25) is 0 Å². The van der Waals surface area contributed by atoms with Crippen LogP contribution in [0.3, 0.4) is 0 Å². The van der Waals surface area contributed by atoms with E-state index < -0.39 is 0 Å². The predicted octanol–water partition coefficient (Wildman–Crippen LogP) is 3.57. The Hall–Kier alpha value is -1.22. The predicted molar refractivity (Wildman–Crippen MR) is 87.9 cm³/mol. The first-order valence-corrected chi connectivity index (χ1v) is 8.45. The van der Waals surface area contributed by atoms with Gasteiger partial charge in [0.25, 0.3) is 0 Å². The molecule has 1 heterocycles. The van der Waals surface area contributed by atoms with Crippen molar-refractivity contribution in [3.63, 3.8) is 0 Å². The number of nitrogens with zero attached hydrogens (tertiary/aromatic N) is 1. The van der Waals surface area contributed by atoms with Crippen LogP contribution < -0.4 is 15.4 Å². The molecular formula is C18H28N2O. The van der Waals surface area contributed by atoms with Crippen LogP contribution in [0.2, 0.25) is 0 Å². The highest BCUT2D eigenvalue weighted by molar-refractivity contribution is 5.61. The van der Waals surface area contributed by atoms with Gasteiger partial charge in [-0.05, 0) is 43.7 Å². The minimum Gasteiger partial charge on any atom is -0.491 e. The topological polar surface area (TPSA) is 38.5 Å². The molecule has 0 bridgehead atoms. The van der Waals surface area contributed by atoms with E-state index in [0.717, 1.165) is 37.8 Å². The quantitative estimate of drug-likeness (QED) is 0.845. The van der Waals surface area contributed by atoms with Crippen LogP contribution in [0.25, 0.3) is 0 Å². The molecule has 1 saturated carbocycles. The van der Waals surface area contributed by atoms with Crippen molar-refractivity contribution in [1.82, 2.24) is 0 Å². The van der Waals surface area contributed by atoms with Gasteiger partial charge in [-0.1, -0.05) is 31.9 Å². The molecule has 3 heteroatoms. The van der Waals surface area contributed by atoms with Crippen molar-refractivity contribution in [2.45, 2.75) is 51.0 Å². The third kappa shape index (κ3) is 2.89. The summed E-state index contributed by atoms with van der Waals surface area (Å²) in [5.41, 5.74) is 7.67. The molecule has 3 rings (SSSR count). The third-order valence-electron chi connectivity index (χ3n) is 5.33. The van der Waals surface area contributed by atoms with Gasteiger partial charge >= 0.3 is 0 Å². The maximum atomic E-state index is 6.31. The van der Waals surface area contributed by atoms with E-state index in [1.165, 1.54) is 37.8 Å². The first-order chi connectivity index (χ1) is 10.2. The minimum atomic E-state index is 0.120. The average Bonchev–Trinajstić information content (AvgIpc) is 2.84. The van der Waals surface area contributed by atoms with Gasteiger partial charge in [0.05, 0.1) is 17.8 Å². The highest BCUT2D eigenvalue weighted by atomic mass is 16.5. The molecule has 1 aliphatic carbocycles. The summed E-state index contributed by atoms with van der Waals surface area (Å²) in [4.78, 5) is 2.58. The van der Waals surface area contributed by atoms with Crippen LogP contribution >= 0.6 is 0 Å². The Morgan fingerprint density at radius 1 is 1.24 bits per heavy atom. The summed E-state index contributed by atoms with van der Waals surface area (Å²) in [7, 11) is 0. The molecule has 1 aliphatic heterocycles. The number of hydrogen-bond donors (Lipinski definition) is 1. The van der Waals surface area contributed by atoms with Gasteiger partial charge in [0, 0.05) is 13.1 Å². The molecular weight excluding hydrogens is 260 g/mol. The molecule has 3 nitrogen and oxygen atoms in total. The van der Waals surface area contributed by atoms with Crippen LogP contribution in [0.15, 0.2) is 24.3 Å². The Labute approximate surface area is 128 Å². The van der Waals surface area contributed by atoms with Crippen molar-refractivity contribution in [2.75, 3.05) is 24.6 Å². The van der Waals surface area contributed by atoms with Crippen molar-refractivity contribution < 1.29 is 4.74 Å². The van der Waals surface area contributed by atoms with Gasteiger partial charge < -0.3 is 15.4 Å². The van der Waals surface area contributed by atoms with Gasteiger partial charge in [-0.15, -0.1) is 0 Å². The van der Waals surface area contributed by atoms with Crippen molar-refractivity contribution >= 4 is 5.69 Å². The second-order valence-corrected chi connectivity index (χ2v) is 6.79. The molecule has 0 radical (unpaired) electrons. The van der Waals surface area contributed by atoms with Crippen LogP contribution in [0.4, 0.5) is 5.69 Å². The molecule has 21 heavy (non-hydrogen) atoms. The molecule has 2 N–H and O–H groups in total. The molecule has 0 amide bonds. The minimum absolute atomic E-state index is 0.120. The molecule has 1 aromatic carbocycles. The molecule has 116 valence electrons. The fourth-order valence-corrected chi connectivity index (χ4v) is 3.97. The number of fused-ring (bicyclic) bond motifs is 1. The Bertz CT molecular complexity index is 476. The third-order valence-corrected chi connectivity index (χ3v) is 5.33. The smallest absolute Gasteiger partial charge is 0.142 e. The van der Waals surface area contributed by atoms with Crippen LogP contribution in [0, 0.1) is 5.92 Å². The standard InChI is InChI=1S/C18H28N2O/c1-15-6-4-10-18(14-19,11-9-15)20-12-5-13-21-17-8-3-2-7-16(17)20/h2-3,7-8,15H,4-6,9-14,19H2,1H3. The van der Waals surface area contributed by atoms with Crippen molar-refractivity contribution in [2.24, 2.45) is 11.7 Å². The van der Waals surface area contributed by atoms with E-state index in [2.05, 4.69) is 36.1 Å². The monoisotopic (exact) mass is 288 g/mol. The second-order valence-electron chi connectivity index (χ2n) is 6.79. The van der Waals surface area contributed by atoms with Gasteiger partial charge in [-0.25, -0.2) is 0 Å². The maximum Gasteiger partial charge on any atom is 0.142 e. The lowest BCUT2D eigenvalue weighted by molar-refractivity contribution is 0.316. The largest absolute Gasteiger partial charge is 0.491 e. The Kier molecular flexibility index (Phi) is 4.39. The summed E-state index contributed by atoms with van der Waals surface area (Å²) in [5.74, 6) is 1.86. The zero-order valence-corrected chi connectivity index (χ0v) is 13.2. The molecule has 0 saturated heterocycles. The van der Waals surface area contributed by atoms with E-state index in [1.807, 2.05) is 0 Å². The van der Waals surface area contributed by atoms with E-state index >= 15 is 0 Å². The van der Waals surface area contributed by atoms with Gasteiger partial charge in [0.1, 0.15) is 5.75 Å². The number of anilines is 1. The van der Waals surface area contributed by atoms with Gasteiger partial charge in [-0.3, -0.25) is 0 Å². The van der Waals surface area contributed by atoms with Crippen LogP contribution in [0.1, 0.15) is 45.4 Å². The Morgan fingerprint density at radius 2 is 2.10 bits per heavy atom. The van der Waals surface area contributed by atoms with E-state index in [1.54, 1.807) is 0 Å². The highest BCUT2D eigenvalue weighted by Gasteiger charge is 2.38. The first kappa shape index (κ1) is 14.7. The summed E-state index contributed by atoms with van der Waals surface area (Å²) in [5, 5.41) is 0. The number of benzene rings is 1. The van der Waals surface area contributed by atoms with Crippen LogP contribution in [-0.4, -0.2) is 25.2 Å². The van der Waals surface area contributed by atoms with Gasteiger partial charge in [0.15, 0.2) is 0 Å². The Balaban J connectivity index is 1.96. The fourth-order valence-electron chi connectivity index (χ4n) is 3.97. The number of rotatable bonds is 2. The molecule has 2 atom stereocenters. The van der Waals surface area contributed by atoms with Crippen molar-refractivity contribution in [3.05, 3.63) is 24.3 Å². The van der Waals surface area contributed by atoms with E-state index in [-0.39, 0.29) is 5.54 Å². The lowest BCUT2D eigenvalue weighted by atomic mass is 9.86. The van der Waals surface area contributed by atoms with E-state index in [9.17, 15) is 0 Å². The van der Waals surface area contributed by atoms with Crippen LogP contribution in [0.5, 0.6) is 5.75 Å². The average molecular weight is 288 g/mol.